The van der Waals surface area contributed by atoms with Crippen LogP contribution in [0.25, 0.3) is 10.9 Å². The maximum Gasteiger partial charge on any atom is 0.261 e. The summed E-state index contributed by atoms with van der Waals surface area (Å²) in [5.74, 6) is 1.29. The summed E-state index contributed by atoms with van der Waals surface area (Å²) >= 11 is 1.44. The average Bonchev–Trinajstić information content (AvgIpc) is 2.81. The predicted octanol–water partition coefficient (Wildman–Crippen LogP) is 4.17. The zero-order valence-electron chi connectivity index (χ0n) is 17.0. The Kier molecular flexibility index (Phi) is 5.77. The lowest BCUT2D eigenvalue weighted by Crippen LogP contribution is -2.19. The van der Waals surface area contributed by atoms with Crippen molar-refractivity contribution in [1.29, 1.82) is 0 Å². The lowest BCUT2D eigenvalue weighted by Gasteiger charge is -2.09. The Labute approximate surface area is 183 Å². The van der Waals surface area contributed by atoms with Gasteiger partial charge in [0.15, 0.2) is 10.9 Å². The molecule has 156 valence electrons. The van der Waals surface area contributed by atoms with Crippen LogP contribution in [0.3, 0.4) is 0 Å². The number of carbonyl (C=O) groups is 1. The molecule has 0 aliphatic rings. The topological polar surface area (TPSA) is 81.4 Å². The normalized spacial score (nSPS) is 10.9. The van der Waals surface area contributed by atoms with Gasteiger partial charge in [-0.2, -0.15) is 0 Å². The number of phenols is 1. The van der Waals surface area contributed by atoms with E-state index in [4.69, 9.17) is 4.74 Å². The molecular formula is C24H20N2O4S. The second-order valence-electron chi connectivity index (χ2n) is 7.00. The molecule has 1 aromatic heterocycles. The van der Waals surface area contributed by atoms with Gasteiger partial charge in [-0.3, -0.25) is 14.2 Å². The molecule has 31 heavy (non-hydrogen) atoms. The first-order valence-corrected chi connectivity index (χ1v) is 10.5. The minimum atomic E-state index is -0.205. The first-order valence-electron chi connectivity index (χ1n) is 9.56. The van der Waals surface area contributed by atoms with Gasteiger partial charge in [-0.05, 0) is 48.0 Å². The molecule has 1 N–H and O–H groups in total. The summed E-state index contributed by atoms with van der Waals surface area (Å²) in [6, 6.07) is 19.0. The van der Waals surface area contributed by atoms with Crippen molar-refractivity contribution >= 4 is 28.4 Å². The Hall–Kier alpha value is -3.58. The molecule has 0 saturated heterocycles. The van der Waals surface area contributed by atoms with E-state index >= 15 is 0 Å². The average molecular weight is 433 g/mol. The number of fused-ring (bicyclic) bond motifs is 1. The number of hydrogen-bond acceptors (Lipinski definition) is 6. The van der Waals surface area contributed by atoms with Gasteiger partial charge in [0.1, 0.15) is 11.5 Å². The highest BCUT2D eigenvalue weighted by Gasteiger charge is 2.11. The van der Waals surface area contributed by atoms with E-state index in [2.05, 4.69) is 4.98 Å². The van der Waals surface area contributed by atoms with Crippen molar-refractivity contribution in [2.24, 2.45) is 7.05 Å². The zero-order chi connectivity index (χ0) is 22.0. The number of thioether (sulfide) groups is 1. The third-order valence-electron chi connectivity index (χ3n) is 4.95. The van der Waals surface area contributed by atoms with Crippen LogP contribution in [-0.4, -0.2) is 27.6 Å². The third-order valence-corrected chi connectivity index (χ3v) is 6.06. The van der Waals surface area contributed by atoms with Crippen LogP contribution in [0.15, 0.2) is 76.7 Å². The smallest absolute Gasteiger partial charge is 0.261 e. The fourth-order valence-electron chi connectivity index (χ4n) is 3.18. The molecule has 4 rings (SSSR count). The van der Waals surface area contributed by atoms with Gasteiger partial charge in [0, 0.05) is 23.9 Å². The molecule has 7 heteroatoms. The number of methoxy groups -OCH3 is 1. The molecule has 1 heterocycles. The number of carbonyl (C=O) groups excluding carboxylic acids is 1. The maximum atomic E-state index is 12.7. The van der Waals surface area contributed by atoms with Gasteiger partial charge in [-0.1, -0.05) is 36.0 Å². The van der Waals surface area contributed by atoms with E-state index < -0.39 is 0 Å². The molecular weight excluding hydrogens is 412 g/mol. The number of phenolic OH excluding ortho intramolecular Hbond substituents is 1. The van der Waals surface area contributed by atoms with E-state index in [-0.39, 0.29) is 17.1 Å². The molecule has 4 aromatic rings. The fraction of sp³-hybridized carbons (Fsp3) is 0.125. The Balaban J connectivity index is 1.49. The van der Waals surface area contributed by atoms with Crippen LogP contribution >= 0.6 is 11.8 Å². The van der Waals surface area contributed by atoms with E-state index in [1.807, 2.05) is 12.1 Å². The summed E-state index contributed by atoms with van der Waals surface area (Å²) in [6.45, 7) is 0. The Morgan fingerprint density at radius 1 is 1.03 bits per heavy atom. The molecule has 0 radical (unpaired) electrons. The van der Waals surface area contributed by atoms with Crippen molar-refractivity contribution in [3.8, 4) is 11.5 Å². The van der Waals surface area contributed by atoms with Gasteiger partial charge in [0.05, 0.1) is 18.0 Å². The highest BCUT2D eigenvalue weighted by atomic mass is 32.2. The second kappa shape index (κ2) is 8.65. The minimum Gasteiger partial charge on any atom is -0.508 e. The molecule has 0 amide bonds. The van der Waals surface area contributed by atoms with Gasteiger partial charge in [-0.15, -0.1) is 0 Å². The minimum absolute atomic E-state index is 0.0380. The van der Waals surface area contributed by atoms with Crippen molar-refractivity contribution in [1.82, 2.24) is 9.55 Å². The molecule has 6 nitrogen and oxygen atoms in total. The molecule has 0 atom stereocenters. The Morgan fingerprint density at radius 3 is 2.32 bits per heavy atom. The van der Waals surface area contributed by atoms with Crippen molar-refractivity contribution in [2.45, 2.75) is 10.9 Å². The number of benzene rings is 3. The maximum absolute atomic E-state index is 12.7. The Morgan fingerprint density at radius 2 is 1.68 bits per heavy atom. The third kappa shape index (κ3) is 4.32. The van der Waals surface area contributed by atoms with Crippen molar-refractivity contribution in [3.05, 3.63) is 93.8 Å². The molecule has 0 aliphatic heterocycles. The Bertz CT molecular complexity index is 1310. The van der Waals surface area contributed by atoms with Crippen LogP contribution in [0, 0.1) is 0 Å². The van der Waals surface area contributed by atoms with Crippen LogP contribution in [0.5, 0.6) is 11.5 Å². The van der Waals surface area contributed by atoms with E-state index in [9.17, 15) is 14.7 Å². The highest BCUT2D eigenvalue weighted by Crippen LogP contribution is 2.24. The molecule has 0 aliphatic carbocycles. The summed E-state index contributed by atoms with van der Waals surface area (Å²) in [5, 5.41) is 10.6. The van der Waals surface area contributed by atoms with E-state index in [0.29, 0.717) is 38.7 Å². The number of rotatable bonds is 6. The van der Waals surface area contributed by atoms with Gasteiger partial charge >= 0.3 is 0 Å². The molecule has 0 bridgehead atoms. The van der Waals surface area contributed by atoms with Crippen LogP contribution in [0.2, 0.25) is 0 Å². The fourth-order valence-corrected chi connectivity index (χ4v) is 4.10. The van der Waals surface area contributed by atoms with Gasteiger partial charge in [0.25, 0.3) is 5.56 Å². The number of ether oxygens (including phenoxy) is 1. The standard InChI is InChI=1S/C24H20N2O4S/c1-26-23(29)20-13-18(27)9-12-21(20)25-24(26)31-14-15-3-5-16(6-4-15)22(28)17-7-10-19(30-2)11-8-17/h3-13,27H,14H2,1-2H3. The first kappa shape index (κ1) is 20.7. The molecule has 0 unspecified atom stereocenters. The predicted molar refractivity (Wildman–Crippen MR) is 121 cm³/mol. The molecule has 0 fully saturated rings. The van der Waals surface area contributed by atoms with E-state index in [0.717, 1.165) is 5.56 Å². The lowest BCUT2D eigenvalue weighted by atomic mass is 10.0. The van der Waals surface area contributed by atoms with Gasteiger partial charge < -0.3 is 9.84 Å². The number of aromatic hydroxyl groups is 1. The number of hydrogen-bond donors (Lipinski definition) is 1. The first-order chi connectivity index (χ1) is 15.0. The summed E-state index contributed by atoms with van der Waals surface area (Å²) in [7, 11) is 3.25. The number of nitrogens with zero attached hydrogens (tertiary/aromatic N) is 2. The number of aromatic nitrogens is 2. The van der Waals surface area contributed by atoms with Crippen LogP contribution in [-0.2, 0) is 12.8 Å². The number of ketones is 1. The van der Waals surface area contributed by atoms with Crippen LogP contribution in [0.1, 0.15) is 21.5 Å². The van der Waals surface area contributed by atoms with Gasteiger partial charge in [0.2, 0.25) is 0 Å². The van der Waals surface area contributed by atoms with E-state index in [1.165, 1.54) is 28.5 Å². The SMILES string of the molecule is COc1ccc(C(=O)c2ccc(CSc3nc4ccc(O)cc4c(=O)n3C)cc2)cc1. The quantitative estimate of drug-likeness (QED) is 0.280. The van der Waals surface area contributed by atoms with Crippen molar-refractivity contribution in [3.63, 3.8) is 0 Å². The zero-order valence-corrected chi connectivity index (χ0v) is 17.8. The summed E-state index contributed by atoms with van der Waals surface area (Å²) in [4.78, 5) is 29.8. The largest absolute Gasteiger partial charge is 0.508 e. The summed E-state index contributed by atoms with van der Waals surface area (Å²) in [6.07, 6.45) is 0. The summed E-state index contributed by atoms with van der Waals surface area (Å²) < 4.78 is 6.61. The highest BCUT2D eigenvalue weighted by molar-refractivity contribution is 7.98. The molecule has 0 saturated carbocycles. The van der Waals surface area contributed by atoms with Crippen LogP contribution < -0.4 is 10.3 Å². The van der Waals surface area contributed by atoms with Crippen molar-refractivity contribution in [2.75, 3.05) is 7.11 Å². The molecule has 3 aromatic carbocycles. The second-order valence-corrected chi connectivity index (χ2v) is 7.95. The molecule has 0 spiro atoms. The van der Waals surface area contributed by atoms with Gasteiger partial charge in [-0.25, -0.2) is 4.98 Å². The van der Waals surface area contributed by atoms with Crippen LogP contribution in [0.4, 0.5) is 0 Å². The van der Waals surface area contributed by atoms with Crippen molar-refractivity contribution < 1.29 is 14.6 Å². The summed E-state index contributed by atoms with van der Waals surface area (Å²) in [5.41, 5.74) is 2.56. The monoisotopic (exact) mass is 432 g/mol. The van der Waals surface area contributed by atoms with E-state index in [1.54, 1.807) is 56.6 Å². The lowest BCUT2D eigenvalue weighted by molar-refractivity contribution is 0.103.